The van der Waals surface area contributed by atoms with Gasteiger partial charge < -0.3 is 11.1 Å². The molecular weight excluding hydrogens is 316 g/mol. The van der Waals surface area contributed by atoms with Crippen molar-refractivity contribution in [1.82, 2.24) is 5.32 Å². The molecule has 0 spiro atoms. The number of hydrogen-bond donors (Lipinski definition) is 2. The number of rotatable bonds is 5. The minimum absolute atomic E-state index is 0.0383. The van der Waals surface area contributed by atoms with Gasteiger partial charge in [-0.05, 0) is 35.5 Å². The van der Waals surface area contributed by atoms with Crippen molar-refractivity contribution in [3.05, 3.63) is 65.7 Å². The molecule has 0 saturated carbocycles. The maximum atomic E-state index is 11.6. The van der Waals surface area contributed by atoms with Gasteiger partial charge in [0.25, 0.3) is 0 Å². The van der Waals surface area contributed by atoms with Gasteiger partial charge in [-0.2, -0.15) is 0 Å². The minimum atomic E-state index is -3.19. The fourth-order valence-corrected chi connectivity index (χ4v) is 2.98. The Morgan fingerprint density at radius 3 is 2.14 bits per heavy atom. The van der Waals surface area contributed by atoms with Crippen LogP contribution in [0, 0.1) is 0 Å². The Kier molecular flexibility index (Phi) is 5.15. The molecule has 116 valence electrons. The number of benzene rings is 2. The maximum absolute atomic E-state index is 11.6. The molecule has 0 aliphatic heterocycles. The van der Waals surface area contributed by atoms with Crippen LogP contribution in [0.1, 0.15) is 17.0 Å². The first-order chi connectivity index (χ1) is 10.4. The molecule has 2 aromatic rings. The van der Waals surface area contributed by atoms with Crippen molar-refractivity contribution >= 4 is 27.2 Å². The Bertz CT molecular complexity index is 741. The van der Waals surface area contributed by atoms with Crippen LogP contribution in [0.25, 0.3) is 0 Å². The van der Waals surface area contributed by atoms with Gasteiger partial charge >= 0.3 is 0 Å². The molecule has 0 heterocycles. The zero-order valence-corrected chi connectivity index (χ0v) is 13.8. The molecule has 6 heteroatoms. The Labute approximate surface area is 136 Å². The van der Waals surface area contributed by atoms with E-state index in [2.05, 4.69) is 5.32 Å². The van der Waals surface area contributed by atoms with Crippen molar-refractivity contribution in [3.8, 4) is 0 Å². The summed E-state index contributed by atoms with van der Waals surface area (Å²) >= 11 is 4.87. The highest BCUT2D eigenvalue weighted by Crippen LogP contribution is 2.25. The summed E-state index contributed by atoms with van der Waals surface area (Å²) in [5, 5.41) is 3.22. The third-order valence-corrected chi connectivity index (χ3v) is 4.67. The molecule has 2 aromatic carbocycles. The standard InChI is InChI=1S/C16H18N2O2S2/c1-22(19,20)14-9-7-13(8-10-14)15(11-18-16(17)21)12-5-3-2-4-6-12/h2-10,15H,11H2,1H3,(H3,17,18,21). The second-order valence-corrected chi connectivity index (χ2v) is 7.51. The highest BCUT2D eigenvalue weighted by Gasteiger charge is 2.15. The molecule has 0 aliphatic carbocycles. The second-order valence-electron chi connectivity index (χ2n) is 5.05. The van der Waals surface area contributed by atoms with E-state index in [0.717, 1.165) is 11.1 Å². The van der Waals surface area contributed by atoms with Gasteiger partial charge in [-0.3, -0.25) is 0 Å². The van der Waals surface area contributed by atoms with E-state index in [1.807, 2.05) is 42.5 Å². The zero-order chi connectivity index (χ0) is 16.2. The van der Waals surface area contributed by atoms with Gasteiger partial charge in [0.2, 0.25) is 0 Å². The van der Waals surface area contributed by atoms with Crippen molar-refractivity contribution < 1.29 is 8.42 Å². The van der Waals surface area contributed by atoms with Crippen molar-refractivity contribution in [2.24, 2.45) is 5.73 Å². The van der Waals surface area contributed by atoms with E-state index in [9.17, 15) is 8.42 Å². The van der Waals surface area contributed by atoms with Crippen LogP contribution in [-0.2, 0) is 9.84 Å². The molecular formula is C16H18N2O2S2. The monoisotopic (exact) mass is 334 g/mol. The van der Waals surface area contributed by atoms with Gasteiger partial charge in [-0.1, -0.05) is 42.5 Å². The van der Waals surface area contributed by atoms with Crippen LogP contribution in [0.4, 0.5) is 0 Å². The van der Waals surface area contributed by atoms with Crippen molar-refractivity contribution in [2.45, 2.75) is 10.8 Å². The van der Waals surface area contributed by atoms with Crippen LogP contribution in [0.2, 0.25) is 0 Å². The Balaban J connectivity index is 2.34. The Morgan fingerprint density at radius 1 is 1.09 bits per heavy atom. The fourth-order valence-electron chi connectivity index (χ4n) is 2.26. The van der Waals surface area contributed by atoms with E-state index in [1.165, 1.54) is 6.26 Å². The lowest BCUT2D eigenvalue weighted by Gasteiger charge is -2.19. The summed E-state index contributed by atoms with van der Waals surface area (Å²) < 4.78 is 23.1. The molecule has 4 nitrogen and oxygen atoms in total. The molecule has 0 saturated heterocycles. The lowest BCUT2D eigenvalue weighted by Crippen LogP contribution is -2.33. The highest BCUT2D eigenvalue weighted by atomic mass is 32.2. The first-order valence-electron chi connectivity index (χ1n) is 6.76. The van der Waals surface area contributed by atoms with E-state index in [1.54, 1.807) is 12.1 Å². The normalized spacial score (nSPS) is 12.6. The smallest absolute Gasteiger partial charge is 0.175 e. The molecule has 2 rings (SSSR count). The van der Waals surface area contributed by atoms with E-state index >= 15 is 0 Å². The van der Waals surface area contributed by atoms with Gasteiger partial charge in [-0.25, -0.2) is 8.42 Å². The van der Waals surface area contributed by atoms with E-state index in [-0.39, 0.29) is 11.0 Å². The number of sulfone groups is 1. The van der Waals surface area contributed by atoms with Crippen molar-refractivity contribution in [1.29, 1.82) is 0 Å². The molecule has 0 aliphatic rings. The van der Waals surface area contributed by atoms with Crippen molar-refractivity contribution in [2.75, 3.05) is 12.8 Å². The maximum Gasteiger partial charge on any atom is 0.175 e. The van der Waals surface area contributed by atoms with Gasteiger partial charge in [-0.15, -0.1) is 0 Å². The highest BCUT2D eigenvalue weighted by molar-refractivity contribution is 7.90. The quantitative estimate of drug-likeness (QED) is 0.819. The predicted octanol–water partition coefficient (Wildman–Crippen LogP) is 2.06. The molecule has 3 N–H and O–H groups in total. The molecule has 0 radical (unpaired) electrons. The SMILES string of the molecule is CS(=O)(=O)c1ccc(C(CNC(N)=S)c2ccccc2)cc1. The van der Waals surface area contributed by atoms with Gasteiger partial charge in [0.05, 0.1) is 4.90 Å². The largest absolute Gasteiger partial charge is 0.376 e. The van der Waals surface area contributed by atoms with Crippen LogP contribution in [-0.4, -0.2) is 26.3 Å². The minimum Gasteiger partial charge on any atom is -0.376 e. The summed E-state index contributed by atoms with van der Waals surface area (Å²) in [6.45, 7) is 0.553. The molecule has 1 atom stereocenters. The predicted molar refractivity (Wildman–Crippen MR) is 92.6 cm³/mol. The second kappa shape index (κ2) is 6.89. The first-order valence-corrected chi connectivity index (χ1v) is 9.06. The molecule has 1 unspecified atom stereocenters. The van der Waals surface area contributed by atoms with Gasteiger partial charge in [0, 0.05) is 18.7 Å². The van der Waals surface area contributed by atoms with E-state index in [4.69, 9.17) is 18.0 Å². The topological polar surface area (TPSA) is 72.2 Å². The number of thiocarbonyl (C=S) groups is 1. The summed E-state index contributed by atoms with van der Waals surface area (Å²) in [5.41, 5.74) is 7.63. The summed E-state index contributed by atoms with van der Waals surface area (Å²) in [7, 11) is -3.19. The van der Waals surface area contributed by atoms with Crippen LogP contribution in [0.5, 0.6) is 0 Å². The third kappa shape index (κ3) is 4.29. The van der Waals surface area contributed by atoms with Crippen LogP contribution in [0.15, 0.2) is 59.5 Å². The Hall–Kier alpha value is -1.92. The van der Waals surface area contributed by atoms with Crippen LogP contribution < -0.4 is 11.1 Å². The number of nitrogens with one attached hydrogen (secondary N) is 1. The van der Waals surface area contributed by atoms with Crippen molar-refractivity contribution in [3.63, 3.8) is 0 Å². The zero-order valence-electron chi connectivity index (χ0n) is 12.2. The first kappa shape index (κ1) is 16.5. The molecule has 0 bridgehead atoms. The summed E-state index contributed by atoms with van der Waals surface area (Å²) in [4.78, 5) is 0.311. The summed E-state index contributed by atoms with van der Waals surface area (Å²) in [5.74, 6) is 0.0383. The molecule has 22 heavy (non-hydrogen) atoms. The fraction of sp³-hybridized carbons (Fsp3) is 0.188. The van der Waals surface area contributed by atoms with Crippen LogP contribution >= 0.6 is 12.2 Å². The molecule has 0 aromatic heterocycles. The van der Waals surface area contributed by atoms with Gasteiger partial charge in [0.15, 0.2) is 14.9 Å². The average molecular weight is 334 g/mol. The third-order valence-electron chi connectivity index (χ3n) is 3.39. The van der Waals surface area contributed by atoms with Crippen LogP contribution in [0.3, 0.4) is 0 Å². The molecule has 0 fully saturated rings. The molecule has 0 amide bonds. The lowest BCUT2D eigenvalue weighted by atomic mass is 9.91. The lowest BCUT2D eigenvalue weighted by molar-refractivity contribution is 0.602. The summed E-state index contributed by atoms with van der Waals surface area (Å²) in [6, 6.07) is 16.8. The summed E-state index contributed by atoms with van der Waals surface area (Å²) in [6.07, 6.45) is 1.20. The number of nitrogens with two attached hydrogens (primary N) is 1. The van der Waals surface area contributed by atoms with E-state index in [0.29, 0.717) is 11.4 Å². The Morgan fingerprint density at radius 2 is 1.64 bits per heavy atom. The average Bonchev–Trinajstić information content (AvgIpc) is 2.48. The number of hydrogen-bond acceptors (Lipinski definition) is 3. The van der Waals surface area contributed by atoms with E-state index < -0.39 is 9.84 Å². The van der Waals surface area contributed by atoms with Gasteiger partial charge in [0.1, 0.15) is 0 Å².